The Labute approximate surface area is 174 Å². The van der Waals surface area contributed by atoms with Crippen LogP contribution in [0.25, 0.3) is 0 Å². The molecule has 2 amide bonds. The number of hydrogen-bond acceptors (Lipinski definition) is 4. The summed E-state index contributed by atoms with van der Waals surface area (Å²) in [7, 11) is 0. The molecule has 1 aromatic carbocycles. The minimum Gasteiger partial charge on any atom is -0.343 e. The smallest absolute Gasteiger partial charge is 0.243 e. The minimum atomic E-state index is -0.0923. The van der Waals surface area contributed by atoms with Crippen molar-refractivity contribution in [1.29, 1.82) is 0 Å². The van der Waals surface area contributed by atoms with Crippen LogP contribution < -0.4 is 0 Å². The molecule has 0 spiro atoms. The summed E-state index contributed by atoms with van der Waals surface area (Å²) in [4.78, 5) is 26.8. The van der Waals surface area contributed by atoms with Crippen LogP contribution in [0.1, 0.15) is 43.7 Å². The molecule has 4 rings (SSSR count). The zero-order valence-corrected chi connectivity index (χ0v) is 17.0. The molecule has 0 saturated carbocycles. The Hall–Kier alpha value is -2.67. The summed E-state index contributed by atoms with van der Waals surface area (Å²) in [5, 5.41) is 10.8. The molecule has 1 fully saturated rings. The van der Waals surface area contributed by atoms with Crippen LogP contribution in [0.2, 0.25) is 5.02 Å². The van der Waals surface area contributed by atoms with Crippen molar-refractivity contribution >= 4 is 29.1 Å². The topological polar surface area (TPSA) is 70.8 Å². The first-order chi connectivity index (χ1) is 14.1. The van der Waals surface area contributed by atoms with Crippen LogP contribution in [0.5, 0.6) is 0 Å². The first-order valence-electron chi connectivity index (χ1n) is 10.0. The molecule has 0 aliphatic carbocycles. The van der Waals surface area contributed by atoms with Gasteiger partial charge in [-0.05, 0) is 18.4 Å². The third kappa shape index (κ3) is 4.67. The van der Waals surface area contributed by atoms with E-state index in [4.69, 9.17) is 11.6 Å². The van der Waals surface area contributed by atoms with Crippen molar-refractivity contribution < 1.29 is 9.59 Å². The van der Waals surface area contributed by atoms with E-state index in [9.17, 15) is 9.59 Å². The number of halogens is 1. The highest BCUT2D eigenvalue weighted by Crippen LogP contribution is 2.24. The Balaban J connectivity index is 1.24. The Kier molecular flexibility index (Phi) is 5.94. The van der Waals surface area contributed by atoms with Gasteiger partial charge in [-0.25, -0.2) is 5.01 Å². The van der Waals surface area contributed by atoms with Gasteiger partial charge >= 0.3 is 0 Å². The Morgan fingerprint density at radius 3 is 2.45 bits per heavy atom. The fraction of sp³-hybridized carbons (Fsp3) is 0.429. The van der Waals surface area contributed by atoms with E-state index >= 15 is 0 Å². The van der Waals surface area contributed by atoms with Crippen molar-refractivity contribution in [3.05, 3.63) is 53.3 Å². The van der Waals surface area contributed by atoms with Crippen molar-refractivity contribution in [2.24, 2.45) is 5.10 Å². The summed E-state index contributed by atoms with van der Waals surface area (Å²) in [6, 6.07) is 10.1. The van der Waals surface area contributed by atoms with Gasteiger partial charge in [-0.15, -0.1) is 0 Å². The van der Waals surface area contributed by atoms with Crippen LogP contribution in [0.3, 0.4) is 0 Å². The Morgan fingerprint density at radius 2 is 1.76 bits per heavy atom. The first kappa shape index (κ1) is 19.6. The summed E-state index contributed by atoms with van der Waals surface area (Å²) in [5.74, 6) is -0.0629. The molecular weight excluding hydrogens is 390 g/mol. The molecule has 3 heterocycles. The zero-order valence-electron chi connectivity index (χ0n) is 16.2. The standard InChI is InChI=1S/C21H24ClN5O2/c22-17-14-23-27(15-17)18-8-11-25(12-9-18)20(28)6-7-21(29)26-13-10-19(24-26)16-4-2-1-3-5-16/h1-5,14-15,18H,6-13H2. The third-order valence-corrected chi connectivity index (χ3v) is 5.71. The highest BCUT2D eigenvalue weighted by molar-refractivity contribution is 6.30. The number of hydrazone groups is 1. The number of benzene rings is 1. The van der Waals surface area contributed by atoms with E-state index in [1.807, 2.05) is 46.1 Å². The largest absolute Gasteiger partial charge is 0.343 e. The van der Waals surface area contributed by atoms with Gasteiger partial charge in [0.1, 0.15) is 0 Å². The van der Waals surface area contributed by atoms with Gasteiger partial charge in [0, 0.05) is 38.5 Å². The molecule has 8 heteroatoms. The molecule has 0 N–H and O–H groups in total. The molecule has 2 aromatic rings. The van der Waals surface area contributed by atoms with E-state index in [1.54, 1.807) is 6.20 Å². The van der Waals surface area contributed by atoms with Gasteiger partial charge < -0.3 is 4.90 Å². The van der Waals surface area contributed by atoms with Crippen LogP contribution in [0.15, 0.2) is 47.8 Å². The third-order valence-electron chi connectivity index (χ3n) is 5.51. The monoisotopic (exact) mass is 413 g/mol. The highest BCUT2D eigenvalue weighted by Gasteiger charge is 2.26. The van der Waals surface area contributed by atoms with Crippen molar-refractivity contribution in [3.63, 3.8) is 0 Å². The minimum absolute atomic E-state index is 0.0294. The molecule has 1 saturated heterocycles. The quantitative estimate of drug-likeness (QED) is 0.756. The lowest BCUT2D eigenvalue weighted by atomic mass is 10.0. The van der Waals surface area contributed by atoms with Crippen molar-refractivity contribution in [3.8, 4) is 0 Å². The van der Waals surface area contributed by atoms with Gasteiger partial charge in [0.25, 0.3) is 0 Å². The molecule has 0 unspecified atom stereocenters. The Bertz CT molecular complexity index is 903. The van der Waals surface area contributed by atoms with Gasteiger partial charge in [0.2, 0.25) is 11.8 Å². The van der Waals surface area contributed by atoms with Gasteiger partial charge in [0.05, 0.1) is 29.5 Å². The van der Waals surface area contributed by atoms with Crippen LogP contribution in [0, 0.1) is 0 Å². The van der Waals surface area contributed by atoms with E-state index < -0.39 is 0 Å². The number of likely N-dealkylation sites (tertiary alicyclic amines) is 1. The molecular formula is C21H24ClN5O2. The van der Waals surface area contributed by atoms with E-state index in [1.165, 1.54) is 5.01 Å². The number of rotatable bonds is 5. The summed E-state index contributed by atoms with van der Waals surface area (Å²) in [5.41, 5.74) is 1.96. The maximum absolute atomic E-state index is 12.5. The van der Waals surface area contributed by atoms with E-state index in [-0.39, 0.29) is 30.7 Å². The number of hydrogen-bond donors (Lipinski definition) is 0. The average molecular weight is 414 g/mol. The fourth-order valence-electron chi connectivity index (χ4n) is 3.87. The molecule has 0 radical (unpaired) electrons. The van der Waals surface area contributed by atoms with Gasteiger partial charge in [-0.1, -0.05) is 41.9 Å². The molecule has 152 valence electrons. The maximum Gasteiger partial charge on any atom is 0.243 e. The fourth-order valence-corrected chi connectivity index (χ4v) is 4.01. The second-order valence-electron chi connectivity index (χ2n) is 7.43. The molecule has 29 heavy (non-hydrogen) atoms. The summed E-state index contributed by atoms with van der Waals surface area (Å²) >= 11 is 5.93. The van der Waals surface area contributed by atoms with Gasteiger partial charge in [0.15, 0.2) is 0 Å². The SMILES string of the molecule is O=C(CCC(=O)N1CCC(c2ccccc2)=N1)N1CCC(n2cc(Cl)cn2)CC1. The van der Waals surface area contributed by atoms with Crippen LogP contribution in [-0.4, -0.2) is 56.8 Å². The van der Waals surface area contributed by atoms with Gasteiger partial charge in [-0.2, -0.15) is 10.2 Å². The number of aromatic nitrogens is 2. The maximum atomic E-state index is 12.5. The summed E-state index contributed by atoms with van der Waals surface area (Å²) < 4.78 is 1.88. The number of amides is 2. The predicted octanol–water partition coefficient (Wildman–Crippen LogP) is 3.12. The average Bonchev–Trinajstić information content (AvgIpc) is 3.42. The van der Waals surface area contributed by atoms with E-state index in [0.717, 1.165) is 30.5 Å². The first-order valence-corrected chi connectivity index (χ1v) is 10.4. The number of carbonyl (C=O) groups is 2. The number of piperidine rings is 1. The number of nitrogens with zero attached hydrogens (tertiary/aromatic N) is 5. The Morgan fingerprint density at radius 1 is 1.03 bits per heavy atom. The lowest BCUT2D eigenvalue weighted by molar-refractivity contribution is -0.137. The van der Waals surface area contributed by atoms with E-state index in [0.29, 0.717) is 24.7 Å². The van der Waals surface area contributed by atoms with Gasteiger partial charge in [-0.3, -0.25) is 14.3 Å². The molecule has 0 bridgehead atoms. The normalized spacial score (nSPS) is 17.5. The molecule has 7 nitrogen and oxygen atoms in total. The second kappa shape index (κ2) is 8.78. The summed E-state index contributed by atoms with van der Waals surface area (Å²) in [6.45, 7) is 1.93. The second-order valence-corrected chi connectivity index (χ2v) is 7.87. The molecule has 2 aliphatic heterocycles. The summed E-state index contributed by atoms with van der Waals surface area (Å²) in [6.07, 6.45) is 6.30. The lowest BCUT2D eigenvalue weighted by Gasteiger charge is -2.32. The van der Waals surface area contributed by atoms with Crippen LogP contribution in [0.4, 0.5) is 0 Å². The zero-order chi connectivity index (χ0) is 20.2. The number of carbonyl (C=O) groups excluding carboxylic acids is 2. The van der Waals surface area contributed by atoms with Crippen LogP contribution >= 0.6 is 11.6 Å². The predicted molar refractivity (Wildman–Crippen MR) is 111 cm³/mol. The highest BCUT2D eigenvalue weighted by atomic mass is 35.5. The van der Waals surface area contributed by atoms with Crippen LogP contribution in [-0.2, 0) is 9.59 Å². The van der Waals surface area contributed by atoms with Crippen molar-refractivity contribution in [2.45, 2.75) is 38.1 Å². The molecule has 1 aromatic heterocycles. The van der Waals surface area contributed by atoms with Crippen molar-refractivity contribution in [1.82, 2.24) is 19.7 Å². The molecule has 0 atom stereocenters. The molecule has 2 aliphatic rings. The van der Waals surface area contributed by atoms with E-state index in [2.05, 4.69) is 10.2 Å². The lowest BCUT2D eigenvalue weighted by Crippen LogP contribution is -2.39. The van der Waals surface area contributed by atoms with Crippen molar-refractivity contribution in [2.75, 3.05) is 19.6 Å².